The van der Waals surface area contributed by atoms with E-state index in [9.17, 15) is 9.59 Å². The molecule has 1 N–H and O–H groups in total. The summed E-state index contributed by atoms with van der Waals surface area (Å²) >= 11 is 3.43. The van der Waals surface area contributed by atoms with E-state index >= 15 is 0 Å². The second-order valence-electron chi connectivity index (χ2n) is 6.56. The molecule has 2 aromatic rings. The fourth-order valence-corrected chi connectivity index (χ4v) is 3.82. The lowest BCUT2D eigenvalue weighted by molar-refractivity contribution is 0.0697. The number of rotatable bonds is 5. The van der Waals surface area contributed by atoms with E-state index in [-0.39, 0.29) is 17.9 Å². The van der Waals surface area contributed by atoms with E-state index in [4.69, 9.17) is 9.47 Å². The second kappa shape index (κ2) is 9.10. The highest BCUT2D eigenvalue weighted by Crippen LogP contribution is 2.28. The maximum absolute atomic E-state index is 12.8. The fourth-order valence-electron chi connectivity index (χ4n) is 3.36. The third-order valence-electron chi connectivity index (χ3n) is 4.88. The van der Waals surface area contributed by atoms with Gasteiger partial charge in [-0.25, -0.2) is 0 Å². The molecule has 148 valence electrons. The van der Waals surface area contributed by atoms with Crippen molar-refractivity contribution in [2.75, 3.05) is 27.3 Å². The molecule has 0 unspecified atom stereocenters. The smallest absolute Gasteiger partial charge is 0.259 e. The Kier molecular flexibility index (Phi) is 6.57. The van der Waals surface area contributed by atoms with Crippen LogP contribution in [0.2, 0.25) is 0 Å². The molecule has 7 heteroatoms. The van der Waals surface area contributed by atoms with Crippen molar-refractivity contribution >= 4 is 27.7 Å². The van der Waals surface area contributed by atoms with Gasteiger partial charge in [-0.05, 0) is 53.0 Å². The average molecular weight is 447 g/mol. The number of benzene rings is 2. The van der Waals surface area contributed by atoms with E-state index in [0.29, 0.717) is 48.6 Å². The predicted molar refractivity (Wildman–Crippen MR) is 110 cm³/mol. The van der Waals surface area contributed by atoms with Crippen LogP contribution in [-0.2, 0) is 0 Å². The SMILES string of the molecule is COc1cccc(OC)c1C(=O)NC1CCN(C(=O)c2ccccc2Br)CC1. The molecule has 28 heavy (non-hydrogen) atoms. The van der Waals surface area contributed by atoms with E-state index < -0.39 is 0 Å². The second-order valence-corrected chi connectivity index (χ2v) is 7.41. The molecule has 1 aliphatic heterocycles. The number of nitrogens with zero attached hydrogens (tertiary/aromatic N) is 1. The molecule has 0 aliphatic carbocycles. The summed E-state index contributed by atoms with van der Waals surface area (Å²) in [6, 6.07) is 12.6. The number of nitrogens with one attached hydrogen (secondary N) is 1. The van der Waals surface area contributed by atoms with Crippen molar-refractivity contribution in [1.29, 1.82) is 0 Å². The number of hydrogen-bond donors (Lipinski definition) is 1. The van der Waals surface area contributed by atoms with Crippen LogP contribution in [0.15, 0.2) is 46.9 Å². The van der Waals surface area contributed by atoms with Gasteiger partial charge in [-0.1, -0.05) is 18.2 Å². The minimum atomic E-state index is -0.232. The van der Waals surface area contributed by atoms with Crippen LogP contribution < -0.4 is 14.8 Å². The van der Waals surface area contributed by atoms with E-state index in [1.807, 2.05) is 29.2 Å². The first-order valence-electron chi connectivity index (χ1n) is 9.10. The van der Waals surface area contributed by atoms with Gasteiger partial charge in [0.15, 0.2) is 0 Å². The van der Waals surface area contributed by atoms with Gasteiger partial charge >= 0.3 is 0 Å². The van der Waals surface area contributed by atoms with Gasteiger partial charge in [0.2, 0.25) is 0 Å². The van der Waals surface area contributed by atoms with Crippen LogP contribution in [0.4, 0.5) is 0 Å². The highest BCUT2D eigenvalue weighted by Gasteiger charge is 2.27. The third kappa shape index (κ3) is 4.30. The molecule has 0 atom stereocenters. The van der Waals surface area contributed by atoms with Crippen LogP contribution in [0.25, 0.3) is 0 Å². The Morgan fingerprint density at radius 1 is 1.00 bits per heavy atom. The van der Waals surface area contributed by atoms with Crippen molar-refractivity contribution in [3.05, 3.63) is 58.1 Å². The molecule has 0 aromatic heterocycles. The van der Waals surface area contributed by atoms with E-state index in [1.54, 1.807) is 18.2 Å². The quantitative estimate of drug-likeness (QED) is 0.762. The zero-order valence-electron chi connectivity index (χ0n) is 15.9. The highest BCUT2D eigenvalue weighted by molar-refractivity contribution is 9.10. The largest absolute Gasteiger partial charge is 0.496 e. The fraction of sp³-hybridized carbons (Fsp3) is 0.333. The number of halogens is 1. The summed E-state index contributed by atoms with van der Waals surface area (Å²) in [5.41, 5.74) is 1.04. The summed E-state index contributed by atoms with van der Waals surface area (Å²) in [6.45, 7) is 1.18. The van der Waals surface area contributed by atoms with Crippen LogP contribution in [-0.4, -0.2) is 50.1 Å². The van der Waals surface area contributed by atoms with Gasteiger partial charge in [0.1, 0.15) is 17.1 Å². The number of hydrogen-bond acceptors (Lipinski definition) is 4. The van der Waals surface area contributed by atoms with Gasteiger partial charge in [0.25, 0.3) is 11.8 Å². The van der Waals surface area contributed by atoms with E-state index in [1.165, 1.54) is 14.2 Å². The van der Waals surface area contributed by atoms with Crippen LogP contribution in [0.3, 0.4) is 0 Å². The van der Waals surface area contributed by atoms with Crippen LogP contribution >= 0.6 is 15.9 Å². The lowest BCUT2D eigenvalue weighted by atomic mass is 10.0. The Labute approximate surface area is 172 Å². The maximum Gasteiger partial charge on any atom is 0.259 e. The molecule has 0 spiro atoms. The van der Waals surface area contributed by atoms with Crippen molar-refractivity contribution in [2.45, 2.75) is 18.9 Å². The van der Waals surface area contributed by atoms with E-state index in [2.05, 4.69) is 21.2 Å². The summed E-state index contributed by atoms with van der Waals surface area (Å²) < 4.78 is 11.4. The number of likely N-dealkylation sites (tertiary alicyclic amines) is 1. The standard InChI is InChI=1S/C21H23BrN2O4/c1-27-17-8-5-9-18(28-2)19(17)20(25)23-14-10-12-24(13-11-14)21(26)15-6-3-4-7-16(15)22/h3-9,14H,10-13H2,1-2H3,(H,23,25). The molecular formula is C21H23BrN2O4. The number of carbonyl (C=O) groups is 2. The first kappa shape index (κ1) is 20.2. The highest BCUT2D eigenvalue weighted by atomic mass is 79.9. The van der Waals surface area contributed by atoms with Gasteiger partial charge in [0.05, 0.1) is 19.8 Å². The minimum absolute atomic E-state index is 0.00338. The maximum atomic E-state index is 12.8. The summed E-state index contributed by atoms with van der Waals surface area (Å²) in [6.07, 6.45) is 1.39. The first-order valence-corrected chi connectivity index (χ1v) is 9.90. The Morgan fingerprint density at radius 3 is 2.18 bits per heavy atom. The molecule has 2 aromatic carbocycles. The molecule has 1 heterocycles. The number of methoxy groups -OCH3 is 2. The monoisotopic (exact) mass is 446 g/mol. The number of piperidine rings is 1. The van der Waals surface area contributed by atoms with Gasteiger partial charge in [-0.3, -0.25) is 9.59 Å². The minimum Gasteiger partial charge on any atom is -0.496 e. The third-order valence-corrected chi connectivity index (χ3v) is 5.57. The molecule has 0 radical (unpaired) electrons. The lowest BCUT2D eigenvalue weighted by Gasteiger charge is -2.32. The van der Waals surface area contributed by atoms with Crippen molar-refractivity contribution in [3.63, 3.8) is 0 Å². The number of ether oxygens (including phenoxy) is 2. The summed E-state index contributed by atoms with van der Waals surface area (Å²) in [7, 11) is 3.05. The molecule has 0 bridgehead atoms. The van der Waals surface area contributed by atoms with Gasteiger partial charge in [-0.15, -0.1) is 0 Å². The Hall–Kier alpha value is -2.54. The lowest BCUT2D eigenvalue weighted by Crippen LogP contribution is -2.46. The summed E-state index contributed by atoms with van der Waals surface area (Å²) in [5.74, 6) is 0.713. The Morgan fingerprint density at radius 2 is 1.61 bits per heavy atom. The normalized spacial score (nSPS) is 14.5. The number of amides is 2. The topological polar surface area (TPSA) is 67.9 Å². The zero-order valence-corrected chi connectivity index (χ0v) is 17.5. The molecule has 1 fully saturated rings. The van der Waals surface area contributed by atoms with Crippen LogP contribution in [0.1, 0.15) is 33.6 Å². The van der Waals surface area contributed by atoms with Gasteiger partial charge in [0, 0.05) is 23.6 Å². The van der Waals surface area contributed by atoms with Crippen molar-refractivity contribution in [3.8, 4) is 11.5 Å². The van der Waals surface area contributed by atoms with Gasteiger partial charge in [-0.2, -0.15) is 0 Å². The Bertz CT molecular complexity index is 841. The van der Waals surface area contributed by atoms with Crippen LogP contribution in [0.5, 0.6) is 11.5 Å². The number of carbonyl (C=O) groups excluding carboxylic acids is 2. The molecule has 3 rings (SSSR count). The zero-order chi connectivity index (χ0) is 20.1. The molecule has 0 saturated carbocycles. The molecule has 2 amide bonds. The van der Waals surface area contributed by atoms with Crippen molar-refractivity contribution in [1.82, 2.24) is 10.2 Å². The molecule has 6 nitrogen and oxygen atoms in total. The first-order chi connectivity index (χ1) is 13.5. The predicted octanol–water partition coefficient (Wildman–Crippen LogP) is 3.50. The molecular weight excluding hydrogens is 424 g/mol. The molecule has 1 saturated heterocycles. The molecule has 1 aliphatic rings. The van der Waals surface area contributed by atoms with Gasteiger partial charge < -0.3 is 19.7 Å². The summed E-state index contributed by atoms with van der Waals surface area (Å²) in [5, 5.41) is 3.05. The van der Waals surface area contributed by atoms with Crippen molar-refractivity contribution < 1.29 is 19.1 Å². The average Bonchev–Trinajstić information content (AvgIpc) is 2.73. The Balaban J connectivity index is 1.63. The van der Waals surface area contributed by atoms with Crippen LogP contribution in [0, 0.1) is 0 Å². The summed E-state index contributed by atoms with van der Waals surface area (Å²) in [4.78, 5) is 27.3. The van der Waals surface area contributed by atoms with Crippen molar-refractivity contribution in [2.24, 2.45) is 0 Å². The van der Waals surface area contributed by atoms with E-state index in [0.717, 1.165) is 4.47 Å².